The van der Waals surface area contributed by atoms with E-state index in [0.29, 0.717) is 23.5 Å². The first-order valence-corrected chi connectivity index (χ1v) is 10.9. The smallest absolute Gasteiger partial charge is 0.338 e. The molecule has 0 radical (unpaired) electrons. The third kappa shape index (κ3) is 4.46. The number of benzene rings is 2. The lowest BCUT2D eigenvalue weighted by Crippen LogP contribution is -2.38. The summed E-state index contributed by atoms with van der Waals surface area (Å²) in [5.74, 6) is 0.150. The molecule has 0 saturated heterocycles. The number of thiazole rings is 1. The summed E-state index contributed by atoms with van der Waals surface area (Å²) >= 11 is 1.65. The number of hydrogen-bond donors (Lipinski definition) is 0. The lowest BCUT2D eigenvalue weighted by molar-refractivity contribution is -0.121. The molecule has 0 aliphatic carbocycles. The number of aromatic nitrogens is 1. The van der Waals surface area contributed by atoms with Gasteiger partial charge in [-0.15, -0.1) is 11.3 Å². The van der Waals surface area contributed by atoms with E-state index in [1.54, 1.807) is 34.4 Å². The number of anilines is 1. The van der Waals surface area contributed by atoms with Crippen LogP contribution in [0.3, 0.4) is 0 Å². The largest absolute Gasteiger partial charge is 0.482 e. The Kier molecular flexibility index (Phi) is 5.78. The topological polar surface area (TPSA) is 68.7 Å². The monoisotopic (exact) mass is 436 g/mol. The lowest BCUT2D eigenvalue weighted by atomic mass is 10.1. The van der Waals surface area contributed by atoms with Gasteiger partial charge in [0, 0.05) is 10.4 Å². The van der Waals surface area contributed by atoms with Crippen molar-refractivity contribution in [1.82, 2.24) is 4.98 Å². The van der Waals surface area contributed by atoms with Crippen LogP contribution in [0.5, 0.6) is 5.75 Å². The minimum Gasteiger partial charge on any atom is -0.482 e. The van der Waals surface area contributed by atoms with Crippen LogP contribution in [0.1, 0.15) is 39.7 Å². The molecule has 2 heterocycles. The highest BCUT2D eigenvalue weighted by molar-refractivity contribution is 7.11. The van der Waals surface area contributed by atoms with Crippen molar-refractivity contribution in [3.63, 3.8) is 0 Å². The quantitative estimate of drug-likeness (QED) is 0.531. The number of aryl methyl sites for hydroxylation is 2. The molecule has 3 aromatic rings. The number of rotatable bonds is 5. The molecule has 1 aliphatic rings. The van der Waals surface area contributed by atoms with Crippen LogP contribution in [0.15, 0.2) is 42.5 Å². The number of hydrogen-bond acceptors (Lipinski definition) is 6. The SMILES string of the molecule is Cc1nc(-c2ccc3c(c2)N(Cc2cccc(C(=O)OC(C)C)c2)C(=O)CO3)c(C)s1. The van der Waals surface area contributed by atoms with Crippen LogP contribution in [-0.4, -0.2) is 29.6 Å². The zero-order valence-corrected chi connectivity index (χ0v) is 18.8. The van der Waals surface area contributed by atoms with Crippen LogP contribution in [0.4, 0.5) is 5.69 Å². The Morgan fingerprint density at radius 1 is 1.23 bits per heavy atom. The summed E-state index contributed by atoms with van der Waals surface area (Å²) in [6.45, 7) is 7.96. The van der Waals surface area contributed by atoms with E-state index in [0.717, 1.165) is 26.7 Å². The fourth-order valence-corrected chi connectivity index (χ4v) is 4.42. The number of nitrogens with zero attached hydrogens (tertiary/aromatic N) is 2. The first-order valence-electron chi connectivity index (χ1n) is 10.1. The Morgan fingerprint density at radius 2 is 2.03 bits per heavy atom. The number of fused-ring (bicyclic) bond motifs is 1. The van der Waals surface area contributed by atoms with E-state index in [4.69, 9.17) is 9.47 Å². The third-order valence-corrected chi connectivity index (χ3v) is 5.81. The van der Waals surface area contributed by atoms with Crippen LogP contribution in [0, 0.1) is 13.8 Å². The van der Waals surface area contributed by atoms with Gasteiger partial charge in [-0.1, -0.05) is 12.1 Å². The second-order valence-corrected chi connectivity index (χ2v) is 9.15. The van der Waals surface area contributed by atoms with Gasteiger partial charge in [0.05, 0.1) is 34.6 Å². The molecule has 7 heteroatoms. The molecule has 0 saturated carbocycles. The van der Waals surface area contributed by atoms with Gasteiger partial charge in [-0.25, -0.2) is 9.78 Å². The van der Waals surface area contributed by atoms with Gasteiger partial charge < -0.3 is 14.4 Å². The summed E-state index contributed by atoms with van der Waals surface area (Å²) in [6.07, 6.45) is -0.194. The van der Waals surface area contributed by atoms with Gasteiger partial charge >= 0.3 is 5.97 Å². The Bertz CT molecular complexity index is 1150. The second kappa shape index (κ2) is 8.51. The van der Waals surface area contributed by atoms with Gasteiger partial charge in [0.25, 0.3) is 5.91 Å². The van der Waals surface area contributed by atoms with Gasteiger partial charge in [-0.2, -0.15) is 0 Å². The van der Waals surface area contributed by atoms with Crippen molar-refractivity contribution in [1.29, 1.82) is 0 Å². The number of esters is 1. The van der Waals surface area contributed by atoms with E-state index in [9.17, 15) is 9.59 Å². The summed E-state index contributed by atoms with van der Waals surface area (Å²) in [7, 11) is 0. The molecule has 6 nitrogen and oxygen atoms in total. The highest BCUT2D eigenvalue weighted by atomic mass is 32.1. The summed E-state index contributed by atoms with van der Waals surface area (Å²) < 4.78 is 10.9. The van der Waals surface area contributed by atoms with Crippen molar-refractivity contribution in [3.05, 3.63) is 63.5 Å². The van der Waals surface area contributed by atoms with E-state index in [2.05, 4.69) is 4.98 Å². The van der Waals surface area contributed by atoms with Crippen LogP contribution in [-0.2, 0) is 16.1 Å². The number of carbonyl (C=O) groups is 2. The van der Waals surface area contributed by atoms with E-state index < -0.39 is 0 Å². The van der Waals surface area contributed by atoms with Crippen molar-refractivity contribution >= 4 is 28.9 Å². The van der Waals surface area contributed by atoms with Gasteiger partial charge in [-0.05, 0) is 63.6 Å². The number of ether oxygens (including phenoxy) is 2. The molecule has 0 bridgehead atoms. The second-order valence-electron chi connectivity index (χ2n) is 7.74. The molecule has 0 N–H and O–H groups in total. The highest BCUT2D eigenvalue weighted by Crippen LogP contribution is 2.38. The molecular weight excluding hydrogens is 412 g/mol. The Morgan fingerprint density at radius 3 is 2.74 bits per heavy atom. The maximum absolute atomic E-state index is 12.7. The maximum Gasteiger partial charge on any atom is 0.338 e. The van der Waals surface area contributed by atoms with Crippen LogP contribution < -0.4 is 9.64 Å². The standard InChI is InChI=1S/C24H24N2O4S/c1-14(2)30-24(28)19-7-5-6-17(10-19)12-26-20-11-18(23-15(3)31-16(4)25-23)8-9-21(20)29-13-22(26)27/h5-11,14H,12-13H2,1-4H3. The van der Waals surface area contributed by atoms with E-state index >= 15 is 0 Å². The highest BCUT2D eigenvalue weighted by Gasteiger charge is 2.27. The van der Waals surface area contributed by atoms with Gasteiger partial charge in [0.2, 0.25) is 0 Å². The Balaban J connectivity index is 1.66. The zero-order chi connectivity index (χ0) is 22.1. The molecule has 1 amide bonds. The lowest BCUT2D eigenvalue weighted by Gasteiger charge is -2.30. The molecule has 2 aromatic carbocycles. The molecule has 1 aromatic heterocycles. The predicted molar refractivity (Wildman–Crippen MR) is 121 cm³/mol. The van der Waals surface area contributed by atoms with E-state index in [-0.39, 0.29) is 24.6 Å². The van der Waals surface area contributed by atoms with Gasteiger partial charge in [-0.3, -0.25) is 4.79 Å². The first kappa shape index (κ1) is 21.1. The number of amides is 1. The Hall–Kier alpha value is -3.19. The molecule has 31 heavy (non-hydrogen) atoms. The minimum absolute atomic E-state index is 0.0176. The van der Waals surface area contributed by atoms with Crippen molar-refractivity contribution in [2.75, 3.05) is 11.5 Å². The molecule has 0 atom stereocenters. The van der Waals surface area contributed by atoms with Crippen LogP contribution in [0.25, 0.3) is 11.3 Å². The fraction of sp³-hybridized carbons (Fsp3) is 0.292. The van der Waals surface area contributed by atoms with Gasteiger partial charge in [0.15, 0.2) is 6.61 Å². The molecule has 1 aliphatic heterocycles. The maximum atomic E-state index is 12.7. The average molecular weight is 437 g/mol. The van der Waals surface area contributed by atoms with Crippen LogP contribution in [0.2, 0.25) is 0 Å². The molecular formula is C24H24N2O4S. The van der Waals surface area contributed by atoms with Crippen molar-refractivity contribution in [3.8, 4) is 17.0 Å². The third-order valence-electron chi connectivity index (χ3n) is 4.93. The molecule has 4 rings (SSSR count). The first-order chi connectivity index (χ1) is 14.8. The predicted octanol–water partition coefficient (Wildman–Crippen LogP) is 4.92. The minimum atomic E-state index is -0.373. The average Bonchev–Trinajstić information content (AvgIpc) is 3.07. The summed E-state index contributed by atoms with van der Waals surface area (Å²) in [6, 6.07) is 13.0. The summed E-state index contributed by atoms with van der Waals surface area (Å²) in [5.41, 5.74) is 3.87. The summed E-state index contributed by atoms with van der Waals surface area (Å²) in [5, 5.41) is 1.000. The van der Waals surface area contributed by atoms with E-state index in [1.807, 2.05) is 52.0 Å². The van der Waals surface area contributed by atoms with Crippen molar-refractivity contribution in [2.24, 2.45) is 0 Å². The summed E-state index contributed by atoms with van der Waals surface area (Å²) in [4.78, 5) is 32.5. The normalized spacial score (nSPS) is 13.2. The van der Waals surface area contributed by atoms with Crippen LogP contribution >= 0.6 is 11.3 Å². The molecule has 0 spiro atoms. The fourth-order valence-electron chi connectivity index (χ4n) is 3.58. The zero-order valence-electron chi connectivity index (χ0n) is 18.0. The van der Waals surface area contributed by atoms with Crippen molar-refractivity contribution in [2.45, 2.75) is 40.3 Å². The van der Waals surface area contributed by atoms with Crippen molar-refractivity contribution < 1.29 is 19.1 Å². The molecule has 0 unspecified atom stereocenters. The Labute approximate surface area is 185 Å². The molecule has 160 valence electrons. The molecule has 0 fully saturated rings. The van der Waals surface area contributed by atoms with E-state index in [1.165, 1.54) is 0 Å². The number of carbonyl (C=O) groups excluding carboxylic acids is 2. The van der Waals surface area contributed by atoms with Gasteiger partial charge in [0.1, 0.15) is 5.75 Å².